The Hall–Kier alpha value is -0.390. The topological polar surface area (TPSA) is 39.1 Å². The molecule has 110 valence electrons. The molecular formula is C14H26BrN3O. The molecule has 5 heteroatoms. The highest BCUT2D eigenvalue weighted by Gasteiger charge is 2.20. The van der Waals surface area contributed by atoms with Crippen LogP contribution >= 0.6 is 15.9 Å². The first-order valence-electron chi connectivity index (χ1n) is 7.15. The third-order valence-electron chi connectivity index (χ3n) is 3.00. The summed E-state index contributed by atoms with van der Waals surface area (Å²) < 4.78 is 8.66. The molecule has 0 radical (unpaired) electrons. The van der Waals surface area contributed by atoms with Gasteiger partial charge in [0.2, 0.25) is 0 Å². The summed E-state index contributed by atoms with van der Waals surface area (Å²) in [5.41, 5.74) is 1.23. The molecule has 0 fully saturated rings. The molecule has 0 saturated carbocycles. The van der Waals surface area contributed by atoms with Gasteiger partial charge in [-0.05, 0) is 56.1 Å². The minimum atomic E-state index is 0.283. The summed E-state index contributed by atoms with van der Waals surface area (Å²) in [6.45, 7) is 11.1. The summed E-state index contributed by atoms with van der Waals surface area (Å²) in [6, 6.07) is 0.644. The molecular weight excluding hydrogens is 306 g/mol. The van der Waals surface area contributed by atoms with Gasteiger partial charge in [0.15, 0.2) is 0 Å². The van der Waals surface area contributed by atoms with E-state index in [0.717, 1.165) is 37.1 Å². The van der Waals surface area contributed by atoms with Gasteiger partial charge in [0.1, 0.15) is 0 Å². The first kappa shape index (κ1) is 16.7. The maximum atomic E-state index is 5.50. The second-order valence-corrected chi connectivity index (χ2v) is 5.76. The lowest BCUT2D eigenvalue weighted by molar-refractivity contribution is 0.135. The number of nitrogens with one attached hydrogen (secondary N) is 1. The summed E-state index contributed by atoms with van der Waals surface area (Å²) in [5.74, 6) is 0. The van der Waals surface area contributed by atoms with Gasteiger partial charge in [-0.25, -0.2) is 0 Å². The Morgan fingerprint density at radius 1 is 1.42 bits per heavy atom. The van der Waals surface area contributed by atoms with Gasteiger partial charge in [0.05, 0.1) is 22.4 Å². The maximum Gasteiger partial charge on any atom is 0.0699 e. The van der Waals surface area contributed by atoms with Crippen molar-refractivity contribution < 1.29 is 4.74 Å². The van der Waals surface area contributed by atoms with Crippen LogP contribution in [-0.2, 0) is 4.74 Å². The number of ether oxygens (including phenoxy) is 1. The van der Waals surface area contributed by atoms with Crippen molar-refractivity contribution in [2.75, 3.05) is 19.8 Å². The molecule has 19 heavy (non-hydrogen) atoms. The van der Waals surface area contributed by atoms with E-state index in [-0.39, 0.29) is 6.04 Å². The highest BCUT2D eigenvalue weighted by molar-refractivity contribution is 9.10. The van der Waals surface area contributed by atoms with Gasteiger partial charge in [0.25, 0.3) is 0 Å². The van der Waals surface area contributed by atoms with Crippen LogP contribution in [0.1, 0.15) is 58.3 Å². The van der Waals surface area contributed by atoms with Gasteiger partial charge in [-0.3, -0.25) is 4.68 Å². The van der Waals surface area contributed by atoms with Crippen molar-refractivity contribution in [1.82, 2.24) is 15.1 Å². The van der Waals surface area contributed by atoms with Crippen molar-refractivity contribution in [2.24, 2.45) is 0 Å². The lowest BCUT2D eigenvalue weighted by atomic mass is 10.1. The molecule has 0 aliphatic heterocycles. The lowest BCUT2D eigenvalue weighted by Gasteiger charge is -2.22. The molecule has 0 aliphatic rings. The average Bonchev–Trinajstić information content (AvgIpc) is 2.76. The van der Waals surface area contributed by atoms with E-state index in [0.29, 0.717) is 6.04 Å². The predicted octanol–water partition coefficient (Wildman–Crippen LogP) is 3.69. The van der Waals surface area contributed by atoms with Gasteiger partial charge < -0.3 is 10.1 Å². The van der Waals surface area contributed by atoms with Crippen LogP contribution in [0.2, 0.25) is 0 Å². The molecule has 1 N–H and O–H groups in total. The van der Waals surface area contributed by atoms with E-state index < -0.39 is 0 Å². The number of hydrogen-bond acceptors (Lipinski definition) is 3. The van der Waals surface area contributed by atoms with Gasteiger partial charge >= 0.3 is 0 Å². The number of rotatable bonds is 9. The van der Waals surface area contributed by atoms with Crippen LogP contribution in [0.4, 0.5) is 0 Å². The van der Waals surface area contributed by atoms with E-state index in [1.165, 1.54) is 5.69 Å². The molecule has 0 amide bonds. The quantitative estimate of drug-likeness (QED) is 0.701. The Balaban J connectivity index is 2.85. The highest BCUT2D eigenvalue weighted by atomic mass is 79.9. The summed E-state index contributed by atoms with van der Waals surface area (Å²) in [6.07, 6.45) is 3.97. The summed E-state index contributed by atoms with van der Waals surface area (Å²) >= 11 is 3.62. The minimum Gasteiger partial charge on any atom is -0.382 e. The van der Waals surface area contributed by atoms with Gasteiger partial charge in [-0.15, -0.1) is 0 Å². The first-order chi connectivity index (χ1) is 9.11. The number of aromatic nitrogens is 2. The Morgan fingerprint density at radius 2 is 2.16 bits per heavy atom. The number of nitrogens with zero attached hydrogens (tertiary/aromatic N) is 2. The Kier molecular flexibility index (Phi) is 7.64. The number of halogens is 1. The Bertz CT molecular complexity index is 366. The van der Waals surface area contributed by atoms with Crippen LogP contribution < -0.4 is 5.32 Å². The van der Waals surface area contributed by atoms with E-state index in [9.17, 15) is 0 Å². The van der Waals surface area contributed by atoms with E-state index in [1.54, 1.807) is 0 Å². The molecule has 4 nitrogen and oxygen atoms in total. The van der Waals surface area contributed by atoms with Crippen molar-refractivity contribution >= 4 is 15.9 Å². The molecule has 0 saturated heterocycles. The molecule has 1 heterocycles. The maximum absolute atomic E-state index is 5.50. The second kappa shape index (κ2) is 8.72. The van der Waals surface area contributed by atoms with Crippen molar-refractivity contribution in [2.45, 2.75) is 52.6 Å². The van der Waals surface area contributed by atoms with Crippen LogP contribution in [0.25, 0.3) is 0 Å². The molecule has 0 aliphatic carbocycles. The van der Waals surface area contributed by atoms with Crippen molar-refractivity contribution in [3.8, 4) is 0 Å². The molecule has 1 unspecified atom stereocenters. The van der Waals surface area contributed by atoms with Crippen LogP contribution in [0.3, 0.4) is 0 Å². The monoisotopic (exact) mass is 331 g/mol. The highest BCUT2D eigenvalue weighted by Crippen LogP contribution is 2.28. The molecule has 1 atom stereocenters. The fourth-order valence-corrected chi connectivity index (χ4v) is 2.64. The molecule has 1 aromatic rings. The largest absolute Gasteiger partial charge is 0.382 e. The molecule has 1 aromatic heterocycles. The van der Waals surface area contributed by atoms with Crippen molar-refractivity contribution in [3.63, 3.8) is 0 Å². The third-order valence-corrected chi connectivity index (χ3v) is 3.61. The third kappa shape index (κ3) is 4.89. The van der Waals surface area contributed by atoms with Crippen LogP contribution in [-0.4, -0.2) is 29.5 Å². The fourth-order valence-electron chi connectivity index (χ4n) is 2.09. The molecule has 0 aromatic carbocycles. The van der Waals surface area contributed by atoms with Crippen LogP contribution in [0, 0.1) is 0 Å². The van der Waals surface area contributed by atoms with Crippen molar-refractivity contribution in [1.29, 1.82) is 0 Å². The zero-order chi connectivity index (χ0) is 14.3. The summed E-state index contributed by atoms with van der Waals surface area (Å²) in [4.78, 5) is 0. The van der Waals surface area contributed by atoms with Gasteiger partial charge in [-0.1, -0.05) is 6.92 Å². The smallest absolute Gasteiger partial charge is 0.0699 e. The SMILES string of the molecule is CCCNC(CCOCC)c1c(Br)cnn1C(C)C. The zero-order valence-corrected chi connectivity index (χ0v) is 14.0. The van der Waals surface area contributed by atoms with Gasteiger partial charge in [-0.2, -0.15) is 5.10 Å². The molecule has 0 spiro atoms. The Morgan fingerprint density at radius 3 is 2.74 bits per heavy atom. The zero-order valence-electron chi connectivity index (χ0n) is 12.4. The average molecular weight is 332 g/mol. The molecule has 1 rings (SSSR count). The first-order valence-corrected chi connectivity index (χ1v) is 7.95. The fraction of sp³-hybridized carbons (Fsp3) is 0.786. The van der Waals surface area contributed by atoms with Crippen molar-refractivity contribution in [3.05, 3.63) is 16.4 Å². The van der Waals surface area contributed by atoms with E-state index in [1.807, 2.05) is 13.1 Å². The van der Waals surface area contributed by atoms with Crippen LogP contribution in [0.5, 0.6) is 0 Å². The van der Waals surface area contributed by atoms with Gasteiger partial charge in [0, 0.05) is 19.3 Å². The van der Waals surface area contributed by atoms with E-state index >= 15 is 0 Å². The number of hydrogen-bond donors (Lipinski definition) is 1. The summed E-state index contributed by atoms with van der Waals surface area (Å²) in [7, 11) is 0. The summed E-state index contributed by atoms with van der Waals surface area (Å²) in [5, 5.41) is 8.06. The van der Waals surface area contributed by atoms with Crippen LogP contribution in [0.15, 0.2) is 10.7 Å². The second-order valence-electron chi connectivity index (χ2n) is 4.91. The van der Waals surface area contributed by atoms with E-state index in [4.69, 9.17) is 4.74 Å². The standard InChI is InChI=1S/C14H26BrN3O/c1-5-8-16-13(7-9-19-6-2)14-12(15)10-17-18(14)11(3)4/h10-11,13,16H,5-9H2,1-4H3. The lowest BCUT2D eigenvalue weighted by Crippen LogP contribution is -2.27. The van der Waals surface area contributed by atoms with E-state index in [2.05, 4.69) is 51.8 Å². The predicted molar refractivity (Wildman–Crippen MR) is 82.5 cm³/mol. The minimum absolute atomic E-state index is 0.283. The molecule has 0 bridgehead atoms. The normalized spacial score (nSPS) is 13.2. The Labute approximate surface area is 125 Å².